The molecule has 16 heavy (non-hydrogen) atoms. The molecule has 1 nitrogen and oxygen atoms in total. The minimum Gasteiger partial charge on any atom is -0.390 e. The summed E-state index contributed by atoms with van der Waals surface area (Å²) in [6.45, 7) is 9.38. The molecule has 1 N–H and O–H groups in total. The SMILES string of the molecule is C[C@H]1CC[C@H]2C(C)(C)[C@@H]3C[C@]12CC[C@]3(C)O. The van der Waals surface area contributed by atoms with Crippen LogP contribution < -0.4 is 0 Å². The topological polar surface area (TPSA) is 20.2 Å². The first-order valence-electron chi connectivity index (χ1n) is 7.03. The molecule has 0 unspecified atom stereocenters. The predicted octanol–water partition coefficient (Wildman–Crippen LogP) is 3.61. The molecule has 0 amide bonds. The van der Waals surface area contributed by atoms with Gasteiger partial charge in [-0.3, -0.25) is 0 Å². The molecule has 92 valence electrons. The summed E-state index contributed by atoms with van der Waals surface area (Å²) in [5.74, 6) is 2.29. The fourth-order valence-corrected chi connectivity index (χ4v) is 5.88. The number of aliphatic hydroxyl groups is 1. The molecule has 2 bridgehead atoms. The third kappa shape index (κ3) is 1.06. The van der Waals surface area contributed by atoms with E-state index in [1.807, 2.05) is 0 Å². The largest absolute Gasteiger partial charge is 0.390 e. The van der Waals surface area contributed by atoms with Crippen LogP contribution in [-0.4, -0.2) is 10.7 Å². The molecule has 0 aromatic carbocycles. The maximum Gasteiger partial charge on any atom is 0.0653 e. The van der Waals surface area contributed by atoms with E-state index in [2.05, 4.69) is 27.7 Å². The zero-order valence-corrected chi connectivity index (χ0v) is 11.2. The highest BCUT2D eigenvalue weighted by Gasteiger charge is 2.67. The van der Waals surface area contributed by atoms with Gasteiger partial charge >= 0.3 is 0 Å². The van der Waals surface area contributed by atoms with E-state index < -0.39 is 5.60 Å². The summed E-state index contributed by atoms with van der Waals surface area (Å²) in [6, 6.07) is 0. The van der Waals surface area contributed by atoms with Gasteiger partial charge in [-0.1, -0.05) is 20.8 Å². The van der Waals surface area contributed by atoms with E-state index in [9.17, 15) is 5.11 Å². The summed E-state index contributed by atoms with van der Waals surface area (Å²) < 4.78 is 0. The maximum absolute atomic E-state index is 10.6. The van der Waals surface area contributed by atoms with Gasteiger partial charge in [-0.05, 0) is 67.6 Å². The van der Waals surface area contributed by atoms with E-state index in [-0.39, 0.29) is 0 Å². The summed E-state index contributed by atoms with van der Waals surface area (Å²) in [5, 5.41) is 10.6. The average molecular weight is 222 g/mol. The van der Waals surface area contributed by atoms with Crippen molar-refractivity contribution < 1.29 is 5.11 Å². The first-order valence-corrected chi connectivity index (χ1v) is 7.03. The lowest BCUT2D eigenvalue weighted by atomic mass is 9.64. The highest BCUT2D eigenvalue weighted by atomic mass is 16.3. The summed E-state index contributed by atoms with van der Waals surface area (Å²) in [6.07, 6.45) is 6.41. The Labute approximate surface area is 99.6 Å². The standard InChI is InChI=1S/C15H26O/c1-10-5-6-11-13(2,3)12-9-15(10,11)8-7-14(12,4)16/h10-12,16H,5-9H2,1-4H3/t10-,11-,12-,14-,15+/m0/s1. The number of hydrogen-bond donors (Lipinski definition) is 1. The molecule has 0 saturated heterocycles. The summed E-state index contributed by atoms with van der Waals surface area (Å²) in [4.78, 5) is 0. The van der Waals surface area contributed by atoms with Crippen molar-refractivity contribution >= 4 is 0 Å². The molecule has 3 rings (SSSR count). The van der Waals surface area contributed by atoms with Crippen LogP contribution in [0.4, 0.5) is 0 Å². The Bertz CT molecular complexity index is 313. The molecular weight excluding hydrogens is 196 g/mol. The molecule has 3 aliphatic rings. The molecule has 0 aliphatic heterocycles. The minimum absolute atomic E-state index is 0.352. The van der Waals surface area contributed by atoms with Crippen LogP contribution in [0.1, 0.15) is 59.8 Å². The van der Waals surface area contributed by atoms with Gasteiger partial charge in [0.1, 0.15) is 0 Å². The van der Waals surface area contributed by atoms with Crippen molar-refractivity contribution in [1.29, 1.82) is 0 Å². The molecule has 3 saturated carbocycles. The highest BCUT2D eigenvalue weighted by molar-refractivity contribution is 5.16. The molecule has 0 heterocycles. The van der Waals surface area contributed by atoms with Gasteiger partial charge in [0, 0.05) is 0 Å². The Hall–Kier alpha value is -0.0400. The lowest BCUT2D eigenvalue weighted by Gasteiger charge is -2.44. The van der Waals surface area contributed by atoms with E-state index >= 15 is 0 Å². The molecule has 1 heteroatoms. The fourth-order valence-electron chi connectivity index (χ4n) is 5.88. The van der Waals surface area contributed by atoms with Crippen LogP contribution in [0.15, 0.2) is 0 Å². The van der Waals surface area contributed by atoms with E-state index in [0.29, 0.717) is 16.7 Å². The van der Waals surface area contributed by atoms with Crippen molar-refractivity contribution in [2.45, 2.75) is 65.4 Å². The highest BCUT2D eigenvalue weighted by Crippen LogP contribution is 2.73. The first-order chi connectivity index (χ1) is 7.31. The lowest BCUT2D eigenvalue weighted by molar-refractivity contribution is -0.0717. The second kappa shape index (κ2) is 2.85. The van der Waals surface area contributed by atoms with Crippen molar-refractivity contribution in [3.8, 4) is 0 Å². The Morgan fingerprint density at radius 2 is 1.69 bits per heavy atom. The molecule has 1 spiro atoms. The van der Waals surface area contributed by atoms with E-state index in [1.165, 1.54) is 25.7 Å². The van der Waals surface area contributed by atoms with Gasteiger partial charge in [-0.25, -0.2) is 0 Å². The van der Waals surface area contributed by atoms with Crippen LogP contribution in [0.3, 0.4) is 0 Å². The lowest BCUT2D eigenvalue weighted by Crippen LogP contribution is -2.44. The first kappa shape index (κ1) is 11.1. The predicted molar refractivity (Wildman–Crippen MR) is 66.1 cm³/mol. The average Bonchev–Trinajstić information content (AvgIpc) is 2.58. The quantitative estimate of drug-likeness (QED) is 0.664. The van der Waals surface area contributed by atoms with E-state index in [1.54, 1.807) is 0 Å². The van der Waals surface area contributed by atoms with Gasteiger partial charge < -0.3 is 5.11 Å². The number of hydrogen-bond acceptors (Lipinski definition) is 1. The van der Waals surface area contributed by atoms with E-state index in [4.69, 9.17) is 0 Å². The van der Waals surface area contributed by atoms with Crippen molar-refractivity contribution in [1.82, 2.24) is 0 Å². The third-order valence-corrected chi connectivity index (χ3v) is 6.79. The van der Waals surface area contributed by atoms with Gasteiger partial charge in [0.15, 0.2) is 0 Å². The zero-order valence-electron chi connectivity index (χ0n) is 11.2. The Kier molecular flexibility index (Phi) is 1.98. The maximum atomic E-state index is 10.6. The number of rotatable bonds is 0. The zero-order chi connectivity index (χ0) is 11.8. The van der Waals surface area contributed by atoms with Gasteiger partial charge in [0.2, 0.25) is 0 Å². The summed E-state index contributed by atoms with van der Waals surface area (Å²) >= 11 is 0. The number of fused-ring (bicyclic) bond motifs is 1. The normalized spacial score (nSPS) is 58.7. The van der Waals surface area contributed by atoms with Gasteiger partial charge in [0.05, 0.1) is 5.60 Å². The van der Waals surface area contributed by atoms with Crippen LogP contribution in [0.5, 0.6) is 0 Å². The van der Waals surface area contributed by atoms with Crippen LogP contribution in [0.2, 0.25) is 0 Å². The van der Waals surface area contributed by atoms with Gasteiger partial charge in [-0.2, -0.15) is 0 Å². The summed E-state index contributed by atoms with van der Waals surface area (Å²) in [5.41, 5.74) is 0.542. The molecule has 3 aliphatic carbocycles. The minimum atomic E-state index is -0.404. The van der Waals surface area contributed by atoms with Gasteiger partial charge in [0.25, 0.3) is 0 Å². The molecule has 3 fully saturated rings. The molecule has 0 aromatic heterocycles. The van der Waals surface area contributed by atoms with Crippen molar-refractivity contribution in [3.63, 3.8) is 0 Å². The molecule has 0 radical (unpaired) electrons. The van der Waals surface area contributed by atoms with E-state index in [0.717, 1.165) is 18.3 Å². The Morgan fingerprint density at radius 1 is 1.00 bits per heavy atom. The monoisotopic (exact) mass is 222 g/mol. The van der Waals surface area contributed by atoms with Crippen molar-refractivity contribution in [2.75, 3.05) is 0 Å². The Morgan fingerprint density at radius 3 is 2.38 bits per heavy atom. The van der Waals surface area contributed by atoms with Crippen LogP contribution in [-0.2, 0) is 0 Å². The third-order valence-electron chi connectivity index (χ3n) is 6.79. The molecule has 5 atom stereocenters. The van der Waals surface area contributed by atoms with Crippen LogP contribution >= 0.6 is 0 Å². The second-order valence-corrected chi connectivity index (χ2v) is 7.70. The smallest absolute Gasteiger partial charge is 0.0653 e. The second-order valence-electron chi connectivity index (χ2n) is 7.70. The Balaban J connectivity index is 2.07. The summed E-state index contributed by atoms with van der Waals surface area (Å²) in [7, 11) is 0. The van der Waals surface area contributed by atoms with Crippen molar-refractivity contribution in [3.05, 3.63) is 0 Å². The van der Waals surface area contributed by atoms with Crippen molar-refractivity contribution in [2.24, 2.45) is 28.6 Å². The fraction of sp³-hybridized carbons (Fsp3) is 1.00. The molecule has 0 aromatic rings. The molecular formula is C15H26O. The van der Waals surface area contributed by atoms with Gasteiger partial charge in [-0.15, -0.1) is 0 Å². The van der Waals surface area contributed by atoms with Crippen LogP contribution in [0.25, 0.3) is 0 Å². The van der Waals surface area contributed by atoms with Crippen LogP contribution in [0, 0.1) is 28.6 Å².